The molecule has 0 bridgehead atoms. The van der Waals surface area contributed by atoms with Crippen LogP contribution >= 0.6 is 11.5 Å². The summed E-state index contributed by atoms with van der Waals surface area (Å²) in [7, 11) is 0. The Kier molecular flexibility index (Phi) is 1.71. The van der Waals surface area contributed by atoms with Gasteiger partial charge in [-0.1, -0.05) is 9.70 Å². The number of hydrogen-bond donors (Lipinski definition) is 1. The van der Waals surface area contributed by atoms with E-state index < -0.39 is 0 Å². The third-order valence-corrected chi connectivity index (χ3v) is 1.84. The van der Waals surface area contributed by atoms with Gasteiger partial charge in [-0.15, -0.1) is 10.2 Å². The highest BCUT2D eigenvalue weighted by atomic mass is 32.1. The van der Waals surface area contributed by atoms with Gasteiger partial charge in [0.15, 0.2) is 5.82 Å². The van der Waals surface area contributed by atoms with E-state index in [1.165, 1.54) is 11.5 Å². The summed E-state index contributed by atoms with van der Waals surface area (Å²) in [6.07, 6.45) is 1.65. The van der Waals surface area contributed by atoms with Crippen LogP contribution in [0.1, 0.15) is 5.69 Å². The molecule has 0 aliphatic heterocycles. The number of rotatable bonds is 2. The zero-order valence-electron chi connectivity index (χ0n) is 6.08. The van der Waals surface area contributed by atoms with Gasteiger partial charge >= 0.3 is 0 Å². The highest BCUT2D eigenvalue weighted by molar-refractivity contribution is 7.03. The molecule has 62 valence electrons. The first-order valence-electron chi connectivity index (χ1n) is 3.26. The minimum Gasteiger partial charge on any atom is -0.381 e. The van der Waals surface area contributed by atoms with Crippen molar-refractivity contribution in [3.63, 3.8) is 0 Å². The second-order valence-electron chi connectivity index (χ2n) is 2.24. The summed E-state index contributed by atoms with van der Waals surface area (Å²) in [6.45, 7) is 0.570. The van der Waals surface area contributed by atoms with Crippen molar-refractivity contribution >= 4 is 17.4 Å². The van der Waals surface area contributed by atoms with Gasteiger partial charge in [0.05, 0.1) is 18.4 Å². The third-order valence-electron chi connectivity index (χ3n) is 1.29. The van der Waals surface area contributed by atoms with Gasteiger partial charge in [-0.25, -0.2) is 4.68 Å². The average Bonchev–Trinajstić information content (AvgIpc) is 2.63. The van der Waals surface area contributed by atoms with E-state index >= 15 is 0 Å². The molecule has 2 N–H and O–H groups in total. The Bertz CT molecular complexity index is 352. The van der Waals surface area contributed by atoms with Crippen LogP contribution in [0.5, 0.6) is 0 Å². The predicted octanol–water partition coefficient (Wildman–Crippen LogP) is -0.240. The minimum absolute atomic E-state index is 0.415. The number of anilines is 1. The molecular formula is C5H6N6S. The van der Waals surface area contributed by atoms with Crippen LogP contribution in [0, 0.1) is 0 Å². The molecule has 0 aromatic carbocycles. The number of nitrogens with zero attached hydrogens (tertiary/aromatic N) is 5. The van der Waals surface area contributed by atoms with E-state index in [-0.39, 0.29) is 0 Å². The van der Waals surface area contributed by atoms with E-state index in [9.17, 15) is 0 Å². The molecule has 0 unspecified atom stereocenters. The van der Waals surface area contributed by atoms with Crippen LogP contribution in [-0.2, 0) is 6.54 Å². The summed E-state index contributed by atoms with van der Waals surface area (Å²) < 4.78 is 5.34. The molecule has 2 rings (SSSR count). The quantitative estimate of drug-likeness (QED) is 0.693. The van der Waals surface area contributed by atoms with Gasteiger partial charge in [0, 0.05) is 5.38 Å². The van der Waals surface area contributed by atoms with Crippen molar-refractivity contribution in [2.24, 2.45) is 0 Å². The maximum atomic E-state index is 5.38. The standard InChI is InChI=1S/C5H6N6S/c6-5-2-11(9-8-5)1-4-3-12-10-7-4/h2-3H,1,6H2. The molecule has 12 heavy (non-hydrogen) atoms. The summed E-state index contributed by atoms with van der Waals surface area (Å²) in [5.74, 6) is 0.415. The Labute approximate surface area is 72.2 Å². The fraction of sp³-hybridized carbons (Fsp3) is 0.200. The van der Waals surface area contributed by atoms with Crippen LogP contribution in [0.4, 0.5) is 5.82 Å². The minimum atomic E-state index is 0.415. The largest absolute Gasteiger partial charge is 0.381 e. The summed E-state index contributed by atoms with van der Waals surface area (Å²) in [5.41, 5.74) is 6.25. The normalized spacial score (nSPS) is 10.3. The zero-order chi connectivity index (χ0) is 8.39. The molecule has 2 aromatic rings. The number of nitrogen functional groups attached to an aromatic ring is 1. The van der Waals surface area contributed by atoms with Crippen molar-refractivity contribution in [2.75, 3.05) is 5.73 Å². The highest BCUT2D eigenvalue weighted by Crippen LogP contribution is 2.00. The van der Waals surface area contributed by atoms with Gasteiger partial charge in [-0.2, -0.15) is 0 Å². The van der Waals surface area contributed by atoms with Crippen molar-refractivity contribution in [2.45, 2.75) is 6.54 Å². The molecule has 7 heteroatoms. The van der Waals surface area contributed by atoms with Crippen molar-refractivity contribution in [3.8, 4) is 0 Å². The fourth-order valence-corrected chi connectivity index (χ4v) is 1.25. The van der Waals surface area contributed by atoms with Crippen LogP contribution in [0.15, 0.2) is 11.6 Å². The van der Waals surface area contributed by atoms with Gasteiger partial charge in [0.2, 0.25) is 0 Å². The molecule has 0 saturated heterocycles. The van der Waals surface area contributed by atoms with E-state index in [0.717, 1.165) is 5.69 Å². The maximum absolute atomic E-state index is 5.38. The number of nitrogens with two attached hydrogens (primary N) is 1. The average molecular weight is 182 g/mol. The van der Waals surface area contributed by atoms with E-state index in [0.29, 0.717) is 12.4 Å². The molecule has 0 aliphatic rings. The zero-order valence-corrected chi connectivity index (χ0v) is 6.90. The molecule has 0 saturated carbocycles. The van der Waals surface area contributed by atoms with Crippen LogP contribution in [0.25, 0.3) is 0 Å². The lowest BCUT2D eigenvalue weighted by Gasteiger charge is -1.92. The smallest absolute Gasteiger partial charge is 0.165 e. The summed E-state index contributed by atoms with van der Waals surface area (Å²) in [6, 6.07) is 0. The Morgan fingerprint density at radius 2 is 2.42 bits per heavy atom. The van der Waals surface area contributed by atoms with Crippen molar-refractivity contribution in [3.05, 3.63) is 17.3 Å². The van der Waals surface area contributed by atoms with Crippen LogP contribution in [0.3, 0.4) is 0 Å². The summed E-state index contributed by atoms with van der Waals surface area (Å²) >= 11 is 1.31. The Hall–Kier alpha value is -1.50. The summed E-state index contributed by atoms with van der Waals surface area (Å²) in [5, 5.41) is 13.1. The molecule has 2 aromatic heterocycles. The summed E-state index contributed by atoms with van der Waals surface area (Å²) in [4.78, 5) is 0. The van der Waals surface area contributed by atoms with Gasteiger partial charge < -0.3 is 5.73 Å². The van der Waals surface area contributed by atoms with E-state index in [1.807, 2.05) is 5.38 Å². The van der Waals surface area contributed by atoms with Crippen LogP contribution in [-0.4, -0.2) is 24.6 Å². The van der Waals surface area contributed by atoms with Gasteiger partial charge in [-0.05, 0) is 11.5 Å². The molecule has 0 radical (unpaired) electrons. The molecule has 0 amide bonds. The van der Waals surface area contributed by atoms with E-state index in [1.54, 1.807) is 10.9 Å². The van der Waals surface area contributed by atoms with Crippen LogP contribution < -0.4 is 5.73 Å². The first-order chi connectivity index (χ1) is 5.84. The highest BCUT2D eigenvalue weighted by Gasteiger charge is 1.99. The predicted molar refractivity (Wildman–Crippen MR) is 43.4 cm³/mol. The molecule has 0 atom stereocenters. The monoisotopic (exact) mass is 182 g/mol. The lowest BCUT2D eigenvalue weighted by Crippen LogP contribution is -2.00. The topological polar surface area (TPSA) is 82.5 Å². The number of aromatic nitrogens is 5. The second kappa shape index (κ2) is 2.86. The van der Waals surface area contributed by atoms with Gasteiger partial charge in [0.25, 0.3) is 0 Å². The Balaban J connectivity index is 2.14. The number of hydrogen-bond acceptors (Lipinski definition) is 6. The van der Waals surface area contributed by atoms with Crippen LogP contribution in [0.2, 0.25) is 0 Å². The van der Waals surface area contributed by atoms with E-state index in [4.69, 9.17) is 5.73 Å². The first kappa shape index (κ1) is 7.17. The van der Waals surface area contributed by atoms with Gasteiger partial charge in [-0.3, -0.25) is 0 Å². The van der Waals surface area contributed by atoms with Gasteiger partial charge in [0.1, 0.15) is 0 Å². The van der Waals surface area contributed by atoms with E-state index in [2.05, 4.69) is 19.9 Å². The molecule has 0 fully saturated rings. The first-order valence-corrected chi connectivity index (χ1v) is 4.10. The molecule has 6 nitrogen and oxygen atoms in total. The van der Waals surface area contributed by atoms with Crippen molar-refractivity contribution in [1.29, 1.82) is 0 Å². The molecule has 2 heterocycles. The molecular weight excluding hydrogens is 176 g/mol. The second-order valence-corrected chi connectivity index (χ2v) is 2.85. The SMILES string of the molecule is Nc1cn(Cc2csnn2)nn1. The lowest BCUT2D eigenvalue weighted by atomic mass is 10.5. The lowest BCUT2D eigenvalue weighted by molar-refractivity contribution is 0.637. The Morgan fingerprint density at radius 3 is 3.00 bits per heavy atom. The van der Waals surface area contributed by atoms with Crippen molar-refractivity contribution < 1.29 is 0 Å². The Morgan fingerprint density at radius 1 is 1.50 bits per heavy atom. The molecule has 0 spiro atoms. The van der Waals surface area contributed by atoms with Crippen molar-refractivity contribution in [1.82, 2.24) is 24.6 Å². The fourth-order valence-electron chi connectivity index (χ4n) is 0.810. The maximum Gasteiger partial charge on any atom is 0.165 e. The third kappa shape index (κ3) is 1.40. The molecule has 0 aliphatic carbocycles.